The minimum atomic E-state index is -0.712. The first-order valence-corrected chi connectivity index (χ1v) is 5.90. The Morgan fingerprint density at radius 3 is 2.78 bits per heavy atom. The highest BCUT2D eigenvalue weighted by Gasteiger charge is 2.17. The van der Waals surface area contributed by atoms with Gasteiger partial charge in [0.2, 0.25) is 5.91 Å². The van der Waals surface area contributed by atoms with Crippen molar-refractivity contribution >= 4 is 33.4 Å². The molecule has 0 radical (unpaired) electrons. The van der Waals surface area contributed by atoms with E-state index in [1.807, 2.05) is 0 Å². The van der Waals surface area contributed by atoms with Crippen molar-refractivity contribution in [2.24, 2.45) is 16.8 Å². The van der Waals surface area contributed by atoms with E-state index in [4.69, 9.17) is 15.7 Å². The van der Waals surface area contributed by atoms with Crippen LogP contribution in [-0.4, -0.2) is 24.1 Å². The predicted molar refractivity (Wildman–Crippen MR) is 71.9 cm³/mol. The van der Waals surface area contributed by atoms with Gasteiger partial charge in [0.05, 0.1) is 17.5 Å². The van der Waals surface area contributed by atoms with Crippen LogP contribution in [0.3, 0.4) is 0 Å². The molecule has 0 fully saturated rings. The van der Waals surface area contributed by atoms with E-state index in [1.165, 1.54) is 0 Å². The fraction of sp³-hybridized carbons (Fsp3) is 0.273. The second-order valence-corrected chi connectivity index (χ2v) is 4.44. The molecule has 0 heterocycles. The summed E-state index contributed by atoms with van der Waals surface area (Å²) in [7, 11) is 1.55. The number of amides is 1. The lowest BCUT2D eigenvalue weighted by Gasteiger charge is -2.11. The number of nitrogens with two attached hydrogens (primary N) is 1. The molecular formula is C11H14BrN3O3. The molecule has 0 aliphatic rings. The average Bonchev–Trinajstić information content (AvgIpc) is 2.37. The molecule has 0 aromatic heterocycles. The largest absolute Gasteiger partial charge is 0.496 e. The Morgan fingerprint density at radius 1 is 1.61 bits per heavy atom. The number of rotatable bonds is 4. The van der Waals surface area contributed by atoms with Gasteiger partial charge in [-0.15, -0.1) is 0 Å². The number of hydrogen-bond acceptors (Lipinski definition) is 4. The summed E-state index contributed by atoms with van der Waals surface area (Å²) < 4.78 is 5.80. The van der Waals surface area contributed by atoms with Crippen molar-refractivity contribution in [1.82, 2.24) is 0 Å². The van der Waals surface area contributed by atoms with Crippen LogP contribution in [0.15, 0.2) is 27.8 Å². The van der Waals surface area contributed by atoms with Crippen molar-refractivity contribution in [2.45, 2.75) is 6.92 Å². The van der Waals surface area contributed by atoms with E-state index in [1.54, 1.807) is 32.2 Å². The van der Waals surface area contributed by atoms with Crippen LogP contribution in [0.25, 0.3) is 0 Å². The van der Waals surface area contributed by atoms with Crippen molar-refractivity contribution < 1.29 is 14.7 Å². The number of hydrogen-bond donors (Lipinski definition) is 3. The van der Waals surface area contributed by atoms with Crippen LogP contribution in [0, 0.1) is 5.92 Å². The van der Waals surface area contributed by atoms with E-state index in [9.17, 15) is 4.79 Å². The van der Waals surface area contributed by atoms with Gasteiger partial charge in [-0.25, -0.2) is 0 Å². The Hall–Kier alpha value is -1.76. The molecule has 0 aliphatic carbocycles. The van der Waals surface area contributed by atoms with Crippen LogP contribution < -0.4 is 15.8 Å². The third-order valence-corrected chi connectivity index (χ3v) is 2.99. The summed E-state index contributed by atoms with van der Waals surface area (Å²) in [6.45, 7) is 1.54. The Morgan fingerprint density at radius 2 is 2.28 bits per heavy atom. The van der Waals surface area contributed by atoms with E-state index >= 15 is 0 Å². The third-order valence-electron chi connectivity index (χ3n) is 2.37. The SMILES string of the molecule is COc1ccc(NC(=O)C(C)C(N)=NO)cc1Br. The summed E-state index contributed by atoms with van der Waals surface area (Å²) in [5, 5.41) is 13.9. The van der Waals surface area contributed by atoms with Gasteiger partial charge >= 0.3 is 0 Å². The van der Waals surface area contributed by atoms with Gasteiger partial charge in [-0.3, -0.25) is 4.79 Å². The van der Waals surface area contributed by atoms with Crippen LogP contribution in [-0.2, 0) is 4.79 Å². The van der Waals surface area contributed by atoms with Crippen molar-refractivity contribution in [3.8, 4) is 5.75 Å². The molecule has 18 heavy (non-hydrogen) atoms. The molecule has 7 heteroatoms. The van der Waals surface area contributed by atoms with E-state index in [0.29, 0.717) is 11.4 Å². The third kappa shape index (κ3) is 3.36. The molecule has 0 saturated heterocycles. The average molecular weight is 316 g/mol. The number of halogens is 1. The Kier molecular flexibility index (Phi) is 4.96. The van der Waals surface area contributed by atoms with E-state index < -0.39 is 5.92 Å². The van der Waals surface area contributed by atoms with Gasteiger partial charge in [0.25, 0.3) is 0 Å². The molecular weight excluding hydrogens is 302 g/mol. The summed E-state index contributed by atoms with van der Waals surface area (Å²) >= 11 is 3.31. The maximum absolute atomic E-state index is 11.7. The zero-order chi connectivity index (χ0) is 13.7. The summed E-state index contributed by atoms with van der Waals surface area (Å²) in [5.74, 6) is -0.546. The predicted octanol–water partition coefficient (Wildman–Crippen LogP) is 1.78. The molecule has 1 atom stereocenters. The molecule has 1 amide bonds. The first-order chi connectivity index (χ1) is 8.49. The topological polar surface area (TPSA) is 96.9 Å². The zero-order valence-electron chi connectivity index (χ0n) is 9.98. The molecule has 0 saturated carbocycles. The Bertz CT molecular complexity index is 477. The molecule has 0 spiro atoms. The van der Waals surface area contributed by atoms with Crippen molar-refractivity contribution in [1.29, 1.82) is 0 Å². The monoisotopic (exact) mass is 315 g/mol. The maximum Gasteiger partial charge on any atom is 0.234 e. The zero-order valence-corrected chi connectivity index (χ0v) is 11.6. The molecule has 1 rings (SSSR count). The number of ether oxygens (including phenoxy) is 1. The standard InChI is InChI=1S/C11H14BrN3O3/c1-6(10(13)15-17)11(16)14-7-3-4-9(18-2)8(12)5-7/h3-6,17H,1-2H3,(H2,13,15)(H,14,16). The Labute approximate surface area is 113 Å². The number of oxime groups is 1. The number of nitrogens with one attached hydrogen (secondary N) is 1. The van der Waals surface area contributed by atoms with Gasteiger partial charge in [-0.1, -0.05) is 5.16 Å². The maximum atomic E-state index is 11.7. The first-order valence-electron chi connectivity index (χ1n) is 5.11. The highest BCUT2D eigenvalue weighted by Crippen LogP contribution is 2.27. The summed E-state index contributed by atoms with van der Waals surface area (Å²) in [6.07, 6.45) is 0. The number of nitrogens with zero attached hydrogens (tertiary/aromatic N) is 1. The number of carbonyl (C=O) groups excluding carboxylic acids is 1. The molecule has 1 unspecified atom stereocenters. The fourth-order valence-electron chi connectivity index (χ4n) is 1.22. The molecule has 4 N–H and O–H groups in total. The van der Waals surface area contributed by atoms with Crippen LogP contribution in [0.5, 0.6) is 5.75 Å². The number of methoxy groups -OCH3 is 1. The second kappa shape index (κ2) is 6.25. The Balaban J connectivity index is 2.79. The van der Waals surface area contributed by atoms with Crippen LogP contribution in [0.4, 0.5) is 5.69 Å². The molecule has 98 valence electrons. The summed E-state index contributed by atoms with van der Waals surface area (Å²) in [5.41, 5.74) is 5.94. The fourth-order valence-corrected chi connectivity index (χ4v) is 1.76. The first kappa shape index (κ1) is 14.3. The van der Waals surface area contributed by atoms with Gasteiger partial charge in [-0.05, 0) is 41.1 Å². The molecule has 0 aliphatic heterocycles. The van der Waals surface area contributed by atoms with Crippen LogP contribution in [0.2, 0.25) is 0 Å². The molecule has 1 aromatic carbocycles. The number of amidine groups is 1. The lowest BCUT2D eigenvalue weighted by molar-refractivity contribution is -0.117. The normalized spacial score (nSPS) is 12.9. The highest BCUT2D eigenvalue weighted by atomic mass is 79.9. The van der Waals surface area contributed by atoms with Gasteiger partial charge in [0.1, 0.15) is 5.75 Å². The summed E-state index contributed by atoms with van der Waals surface area (Å²) in [4.78, 5) is 11.7. The van der Waals surface area contributed by atoms with E-state index in [0.717, 1.165) is 4.47 Å². The second-order valence-electron chi connectivity index (χ2n) is 3.59. The highest BCUT2D eigenvalue weighted by molar-refractivity contribution is 9.10. The minimum absolute atomic E-state index is 0.139. The quantitative estimate of drug-likeness (QED) is 0.341. The van der Waals surface area contributed by atoms with E-state index in [2.05, 4.69) is 26.4 Å². The molecule has 0 bridgehead atoms. The van der Waals surface area contributed by atoms with Gasteiger partial charge < -0.3 is 21.0 Å². The van der Waals surface area contributed by atoms with E-state index in [-0.39, 0.29) is 11.7 Å². The van der Waals surface area contributed by atoms with Crippen LogP contribution in [0.1, 0.15) is 6.92 Å². The number of carbonyl (C=O) groups is 1. The van der Waals surface area contributed by atoms with Gasteiger partial charge in [-0.2, -0.15) is 0 Å². The van der Waals surface area contributed by atoms with Gasteiger partial charge in [0.15, 0.2) is 5.84 Å². The molecule has 1 aromatic rings. The number of benzene rings is 1. The molecule has 6 nitrogen and oxygen atoms in total. The lowest BCUT2D eigenvalue weighted by Crippen LogP contribution is -2.32. The lowest BCUT2D eigenvalue weighted by atomic mass is 10.1. The van der Waals surface area contributed by atoms with Gasteiger partial charge in [0, 0.05) is 5.69 Å². The summed E-state index contributed by atoms with van der Waals surface area (Å²) in [6, 6.07) is 5.12. The smallest absolute Gasteiger partial charge is 0.234 e. The number of anilines is 1. The van der Waals surface area contributed by atoms with Crippen molar-refractivity contribution in [3.05, 3.63) is 22.7 Å². The van der Waals surface area contributed by atoms with Crippen molar-refractivity contribution in [2.75, 3.05) is 12.4 Å². The van der Waals surface area contributed by atoms with Crippen molar-refractivity contribution in [3.63, 3.8) is 0 Å². The minimum Gasteiger partial charge on any atom is -0.496 e. The van der Waals surface area contributed by atoms with Crippen LogP contribution >= 0.6 is 15.9 Å².